The molecular weight excluding hydrogens is 447 g/mol. The van der Waals surface area contributed by atoms with Crippen LogP contribution in [-0.4, -0.2) is 24.3 Å². The summed E-state index contributed by atoms with van der Waals surface area (Å²) in [6.07, 6.45) is 12.5. The van der Waals surface area contributed by atoms with E-state index in [0.29, 0.717) is 5.25 Å². The van der Waals surface area contributed by atoms with Gasteiger partial charge < -0.3 is 5.32 Å². The monoisotopic (exact) mass is 485 g/mol. The predicted molar refractivity (Wildman–Crippen MR) is 152 cm³/mol. The summed E-state index contributed by atoms with van der Waals surface area (Å²) < 4.78 is 0.0444. The third kappa shape index (κ3) is 6.12. The maximum absolute atomic E-state index is 3.67. The van der Waals surface area contributed by atoms with E-state index in [0.717, 1.165) is 6.54 Å². The number of hydrogen-bond donors (Lipinski definition) is 1. The van der Waals surface area contributed by atoms with E-state index < -0.39 is 0 Å². The largest absolute Gasteiger partial charge is 0.385 e. The molecule has 2 atom stereocenters. The molecule has 0 aromatic heterocycles. The molecule has 1 aliphatic heterocycles. The smallest absolute Gasteiger partial charge is 0.0592 e. The van der Waals surface area contributed by atoms with Gasteiger partial charge in [-0.1, -0.05) is 81.0 Å². The molecule has 1 aliphatic rings. The molecule has 2 aromatic carbocycles. The minimum Gasteiger partial charge on any atom is -0.385 e. The van der Waals surface area contributed by atoms with Crippen molar-refractivity contribution in [2.45, 2.75) is 69.3 Å². The average molecular weight is 486 g/mol. The van der Waals surface area contributed by atoms with Gasteiger partial charge in [0.25, 0.3) is 0 Å². The van der Waals surface area contributed by atoms with Crippen LogP contribution < -0.4 is 5.32 Å². The van der Waals surface area contributed by atoms with Crippen LogP contribution in [0.1, 0.15) is 69.1 Å². The van der Waals surface area contributed by atoms with Crippen molar-refractivity contribution in [2.75, 3.05) is 24.4 Å². The first-order valence-electron chi connectivity index (χ1n) is 11.9. The molecule has 0 amide bonds. The lowest BCUT2D eigenvalue weighted by Gasteiger charge is -2.31. The number of unbranched alkanes of at least 4 members (excludes halogenated alkanes) is 5. The van der Waals surface area contributed by atoms with Crippen LogP contribution in [0.4, 0.5) is 5.69 Å². The lowest BCUT2D eigenvalue weighted by Crippen LogP contribution is -2.28. The Labute approximate surface area is 209 Å². The second-order valence-electron chi connectivity index (χ2n) is 8.86. The second-order valence-corrected chi connectivity index (χ2v) is 12.1. The van der Waals surface area contributed by atoms with E-state index >= 15 is 0 Å². The number of nitrogens with one attached hydrogen (secondary N) is 1. The number of anilines is 1. The third-order valence-electron chi connectivity index (χ3n) is 6.34. The van der Waals surface area contributed by atoms with Crippen molar-refractivity contribution in [3.63, 3.8) is 0 Å². The summed E-state index contributed by atoms with van der Waals surface area (Å²) in [6.45, 7) is 7.93. The molecule has 0 aliphatic carbocycles. The van der Waals surface area contributed by atoms with Crippen LogP contribution in [0.2, 0.25) is 0 Å². The van der Waals surface area contributed by atoms with Gasteiger partial charge in [0.1, 0.15) is 0 Å². The molecule has 0 radical (unpaired) electrons. The van der Waals surface area contributed by atoms with Crippen LogP contribution in [0.3, 0.4) is 0 Å². The van der Waals surface area contributed by atoms with Crippen LogP contribution in [0, 0.1) is 6.92 Å². The molecule has 174 valence electrons. The Kier molecular flexibility index (Phi) is 10.0. The highest BCUT2D eigenvalue weighted by molar-refractivity contribution is 8.14. The SMILES string of the molecule is CCCCCCCCNc1cccc(C2=C(SC)C(SC)C(C)(c3ccc(C)cc3)S2)c1. The fourth-order valence-corrected chi connectivity index (χ4v) is 8.99. The Hall–Kier alpha value is -0.970. The number of benzene rings is 2. The van der Waals surface area contributed by atoms with Gasteiger partial charge >= 0.3 is 0 Å². The Balaban J connectivity index is 1.74. The van der Waals surface area contributed by atoms with Gasteiger partial charge in [-0.25, -0.2) is 0 Å². The van der Waals surface area contributed by atoms with E-state index in [1.54, 1.807) is 0 Å². The summed E-state index contributed by atoms with van der Waals surface area (Å²) in [4.78, 5) is 2.96. The first-order chi connectivity index (χ1) is 15.5. The maximum atomic E-state index is 3.67. The molecule has 0 bridgehead atoms. The van der Waals surface area contributed by atoms with Gasteiger partial charge in [-0.15, -0.1) is 23.5 Å². The zero-order valence-electron chi connectivity index (χ0n) is 20.4. The molecule has 2 aromatic rings. The molecule has 3 rings (SSSR count). The summed E-state index contributed by atoms with van der Waals surface area (Å²) in [6, 6.07) is 18.2. The zero-order valence-corrected chi connectivity index (χ0v) is 22.8. The highest BCUT2D eigenvalue weighted by atomic mass is 32.2. The van der Waals surface area contributed by atoms with Gasteiger partial charge in [-0.3, -0.25) is 0 Å². The van der Waals surface area contributed by atoms with Crippen LogP contribution in [0.15, 0.2) is 53.4 Å². The van der Waals surface area contributed by atoms with Gasteiger partial charge in [0.2, 0.25) is 0 Å². The van der Waals surface area contributed by atoms with Crippen molar-refractivity contribution in [1.29, 1.82) is 0 Å². The van der Waals surface area contributed by atoms with E-state index in [-0.39, 0.29) is 4.75 Å². The molecule has 2 unspecified atom stereocenters. The van der Waals surface area contributed by atoms with Gasteiger partial charge in [-0.05, 0) is 56.0 Å². The lowest BCUT2D eigenvalue weighted by atomic mass is 9.95. The van der Waals surface area contributed by atoms with E-state index in [4.69, 9.17) is 0 Å². The molecule has 4 heteroatoms. The number of aryl methyl sites for hydroxylation is 1. The quantitative estimate of drug-likeness (QED) is 0.300. The van der Waals surface area contributed by atoms with Crippen molar-refractivity contribution < 1.29 is 0 Å². The van der Waals surface area contributed by atoms with Gasteiger partial charge in [0.15, 0.2) is 0 Å². The Morgan fingerprint density at radius 1 is 0.969 bits per heavy atom. The molecule has 1 heterocycles. The van der Waals surface area contributed by atoms with E-state index in [1.165, 1.54) is 70.7 Å². The van der Waals surface area contributed by atoms with Crippen molar-refractivity contribution in [3.8, 4) is 0 Å². The standard InChI is InChI=1S/C28H39NS3/c1-6-7-8-9-10-11-19-29-24-14-12-13-22(20-24)25-26(30-4)27(31-5)28(3,32-25)23-17-15-21(2)16-18-23/h12-18,20,27,29H,6-11,19H2,1-5H3. The molecule has 0 saturated carbocycles. The fraction of sp³-hybridized carbons (Fsp3) is 0.500. The van der Waals surface area contributed by atoms with Crippen LogP contribution in [0.25, 0.3) is 4.91 Å². The minimum absolute atomic E-state index is 0.0444. The molecule has 32 heavy (non-hydrogen) atoms. The number of rotatable bonds is 12. The third-order valence-corrected chi connectivity index (χ3v) is 10.4. The topological polar surface area (TPSA) is 12.0 Å². The van der Waals surface area contributed by atoms with Crippen LogP contribution in [0.5, 0.6) is 0 Å². The molecule has 1 nitrogen and oxygen atoms in total. The Morgan fingerprint density at radius 2 is 1.69 bits per heavy atom. The summed E-state index contributed by atoms with van der Waals surface area (Å²) >= 11 is 5.95. The molecular formula is C28H39NS3. The van der Waals surface area contributed by atoms with Gasteiger partial charge in [0.05, 0.1) is 10.00 Å². The average Bonchev–Trinajstić information content (AvgIpc) is 3.11. The molecule has 0 saturated heterocycles. The molecule has 1 N–H and O–H groups in total. The Morgan fingerprint density at radius 3 is 2.38 bits per heavy atom. The normalized spacial score (nSPS) is 20.7. The summed E-state index contributed by atoms with van der Waals surface area (Å²) in [5.74, 6) is 0. The maximum Gasteiger partial charge on any atom is 0.0592 e. The molecule has 0 fully saturated rings. The first kappa shape index (κ1) is 25.6. The van der Waals surface area contributed by atoms with Crippen molar-refractivity contribution in [3.05, 3.63) is 70.1 Å². The van der Waals surface area contributed by atoms with Gasteiger partial charge in [0, 0.05) is 22.0 Å². The van der Waals surface area contributed by atoms with Crippen molar-refractivity contribution >= 4 is 45.9 Å². The zero-order chi connectivity index (χ0) is 23.0. The predicted octanol–water partition coefficient (Wildman–Crippen LogP) is 9.19. The van der Waals surface area contributed by atoms with Gasteiger partial charge in [-0.2, -0.15) is 11.8 Å². The highest BCUT2D eigenvalue weighted by Crippen LogP contribution is 2.61. The summed E-state index contributed by atoms with van der Waals surface area (Å²) in [5.41, 5.74) is 5.34. The van der Waals surface area contributed by atoms with E-state index in [1.807, 2.05) is 35.3 Å². The van der Waals surface area contributed by atoms with Crippen molar-refractivity contribution in [1.82, 2.24) is 0 Å². The fourth-order valence-electron chi connectivity index (χ4n) is 4.42. The molecule has 0 spiro atoms. The second kappa shape index (κ2) is 12.5. The van der Waals surface area contributed by atoms with E-state index in [2.05, 4.69) is 87.1 Å². The highest BCUT2D eigenvalue weighted by Gasteiger charge is 2.46. The first-order valence-corrected chi connectivity index (χ1v) is 15.3. The minimum atomic E-state index is 0.0444. The van der Waals surface area contributed by atoms with Crippen LogP contribution >= 0.6 is 35.3 Å². The number of thioether (sulfide) groups is 3. The van der Waals surface area contributed by atoms with E-state index in [9.17, 15) is 0 Å². The summed E-state index contributed by atoms with van der Waals surface area (Å²) in [5, 5.41) is 4.13. The lowest BCUT2D eigenvalue weighted by molar-refractivity contribution is 0.617. The van der Waals surface area contributed by atoms with Crippen molar-refractivity contribution in [2.24, 2.45) is 0 Å². The Bertz CT molecular complexity index is 890. The van der Waals surface area contributed by atoms with Crippen LogP contribution in [-0.2, 0) is 4.75 Å². The summed E-state index contributed by atoms with van der Waals surface area (Å²) in [7, 11) is 0. The number of hydrogen-bond acceptors (Lipinski definition) is 4.